The Morgan fingerprint density at radius 2 is 1.82 bits per heavy atom. The molecule has 0 amide bonds. The van der Waals surface area contributed by atoms with Crippen molar-refractivity contribution in [3.8, 4) is 34.4 Å². The van der Waals surface area contributed by atoms with E-state index in [9.17, 15) is 14.4 Å². The lowest BCUT2D eigenvalue weighted by atomic mass is 9.96. The summed E-state index contributed by atoms with van der Waals surface area (Å²) in [5.74, 6) is 2.44. The summed E-state index contributed by atoms with van der Waals surface area (Å²) in [6.07, 6.45) is 8.71. The molecule has 3 aliphatic rings. The van der Waals surface area contributed by atoms with Crippen LogP contribution in [0.5, 0.6) is 17.2 Å². The van der Waals surface area contributed by atoms with Gasteiger partial charge in [-0.1, -0.05) is 53.5 Å². The minimum Gasteiger partial charge on any atom is -0.492 e. The first-order valence-electron chi connectivity index (χ1n) is 19.3. The first kappa shape index (κ1) is 39.1. The Kier molecular flexibility index (Phi) is 12.6. The Bertz CT molecular complexity index is 2040. The van der Waals surface area contributed by atoms with Gasteiger partial charge in [0.25, 0.3) is 0 Å². The third-order valence-electron chi connectivity index (χ3n) is 11.0. The zero-order chi connectivity index (χ0) is 38.4. The van der Waals surface area contributed by atoms with E-state index in [4.69, 9.17) is 37.4 Å². The van der Waals surface area contributed by atoms with Gasteiger partial charge in [-0.2, -0.15) is 5.26 Å². The number of likely N-dealkylation sites (tertiary alicyclic amines) is 1. The molecule has 4 aromatic rings. The summed E-state index contributed by atoms with van der Waals surface area (Å²) >= 11 is 13.9. The molecule has 1 aromatic heterocycles. The van der Waals surface area contributed by atoms with Crippen LogP contribution in [0.2, 0.25) is 10.0 Å². The monoisotopic (exact) mass is 784 g/mol. The van der Waals surface area contributed by atoms with Gasteiger partial charge in [0, 0.05) is 74.2 Å². The number of alkyl halides is 1. The molecule has 0 spiro atoms. The lowest BCUT2D eigenvalue weighted by Gasteiger charge is -2.34. The van der Waals surface area contributed by atoms with Gasteiger partial charge >= 0.3 is 0 Å². The number of nitrogens with zero attached hydrogens (tertiary/aromatic N) is 3. The van der Waals surface area contributed by atoms with Crippen molar-refractivity contribution in [3.63, 3.8) is 0 Å². The molecule has 288 valence electrons. The van der Waals surface area contributed by atoms with Gasteiger partial charge in [-0.25, -0.2) is 4.39 Å². The molecule has 0 radical (unpaired) electrons. The van der Waals surface area contributed by atoms with E-state index in [2.05, 4.69) is 33.4 Å². The molecule has 2 atom stereocenters. The van der Waals surface area contributed by atoms with E-state index >= 15 is 0 Å². The first-order valence-corrected chi connectivity index (χ1v) is 20.0. The molecule has 0 bridgehead atoms. The minimum absolute atomic E-state index is 0.214. The quantitative estimate of drug-likeness (QED) is 0.119. The maximum absolute atomic E-state index is 14.2. The number of hydrogen-bond donors (Lipinski definition) is 1. The topological polar surface area (TPSA) is 96.7 Å². The molecule has 8 nitrogen and oxygen atoms in total. The molecule has 11 heteroatoms. The summed E-state index contributed by atoms with van der Waals surface area (Å²) in [4.78, 5) is 18.3. The zero-order valence-electron chi connectivity index (χ0n) is 31.2. The number of carbonyl (C=O) groups is 1. The summed E-state index contributed by atoms with van der Waals surface area (Å²) < 4.78 is 33.4. The second-order valence-corrected chi connectivity index (χ2v) is 16.0. The maximum Gasteiger partial charge on any atom is 0.142 e. The summed E-state index contributed by atoms with van der Waals surface area (Å²) in [5, 5.41) is 13.9. The second-order valence-electron chi connectivity index (χ2n) is 15.2. The Balaban J connectivity index is 1.04. The largest absolute Gasteiger partial charge is 0.492 e. The molecule has 2 heterocycles. The van der Waals surface area contributed by atoms with Gasteiger partial charge < -0.3 is 24.4 Å². The predicted molar refractivity (Wildman–Crippen MR) is 213 cm³/mol. The Labute approximate surface area is 332 Å². The van der Waals surface area contributed by atoms with E-state index < -0.39 is 5.67 Å². The highest BCUT2D eigenvalue weighted by atomic mass is 35.5. The highest BCUT2D eigenvalue weighted by Crippen LogP contribution is 2.45. The van der Waals surface area contributed by atoms with Crippen LogP contribution in [-0.2, 0) is 24.4 Å². The van der Waals surface area contributed by atoms with Crippen molar-refractivity contribution in [2.75, 3.05) is 32.8 Å². The summed E-state index contributed by atoms with van der Waals surface area (Å²) in [6, 6.07) is 19.8. The number of Topliss-reactive ketones (excluding diaryl/α,β-unsaturated/α-hetero) is 1. The van der Waals surface area contributed by atoms with Crippen molar-refractivity contribution >= 4 is 29.0 Å². The highest BCUT2D eigenvalue weighted by Gasteiger charge is 2.30. The molecule has 1 aliphatic heterocycles. The van der Waals surface area contributed by atoms with Crippen LogP contribution >= 0.6 is 23.2 Å². The third kappa shape index (κ3) is 9.79. The van der Waals surface area contributed by atoms with Crippen molar-refractivity contribution < 1.29 is 23.4 Å². The van der Waals surface area contributed by atoms with Crippen molar-refractivity contribution in [2.45, 2.75) is 83.2 Å². The lowest BCUT2D eigenvalue weighted by molar-refractivity contribution is -0.117. The highest BCUT2D eigenvalue weighted by molar-refractivity contribution is 6.35. The molecule has 3 aromatic carbocycles. The number of nitriles is 1. The third-order valence-corrected chi connectivity index (χ3v) is 11.7. The van der Waals surface area contributed by atoms with Crippen LogP contribution in [0.25, 0.3) is 11.1 Å². The van der Waals surface area contributed by atoms with Crippen LogP contribution in [0, 0.1) is 17.2 Å². The van der Waals surface area contributed by atoms with Gasteiger partial charge in [-0.05, 0) is 92.8 Å². The molecule has 2 fully saturated rings. The van der Waals surface area contributed by atoms with E-state index in [0.29, 0.717) is 83.4 Å². The van der Waals surface area contributed by atoms with Gasteiger partial charge in [0.1, 0.15) is 47.5 Å². The van der Waals surface area contributed by atoms with Crippen molar-refractivity contribution in [2.24, 2.45) is 5.92 Å². The van der Waals surface area contributed by atoms with Gasteiger partial charge in [0.05, 0.1) is 22.2 Å². The van der Waals surface area contributed by atoms with E-state index in [0.717, 1.165) is 79.7 Å². The van der Waals surface area contributed by atoms with Gasteiger partial charge in [-0.15, -0.1) is 0 Å². The minimum atomic E-state index is -1.05. The fraction of sp³-hybridized carbons (Fsp3) is 0.432. The molecule has 1 saturated heterocycles. The van der Waals surface area contributed by atoms with Crippen molar-refractivity contribution in [3.05, 3.63) is 105 Å². The van der Waals surface area contributed by atoms with E-state index in [1.165, 1.54) is 11.8 Å². The number of pyridine rings is 1. The molecular weight excluding hydrogens is 738 g/mol. The van der Waals surface area contributed by atoms with Gasteiger partial charge in [0.15, 0.2) is 0 Å². The van der Waals surface area contributed by atoms with Gasteiger partial charge in [-0.3, -0.25) is 9.78 Å². The second kappa shape index (κ2) is 17.7. The number of benzene rings is 3. The van der Waals surface area contributed by atoms with Crippen LogP contribution in [-0.4, -0.2) is 54.1 Å². The first-order chi connectivity index (χ1) is 26.7. The number of ether oxygens (including phenoxy) is 3. The zero-order valence-corrected chi connectivity index (χ0v) is 32.7. The number of piperidine rings is 1. The molecule has 1 saturated carbocycles. The number of hydrogen-bond acceptors (Lipinski definition) is 8. The SMILES string of the molecule is CC1(F)CCN(CCCOc2cccc(-c3cccc4c3CC[C@@H]4Oc3cc(OCc4cncc(C#N)c4)c(CNC[C@@H]4CCC(=O)C4)cc3Cl)c2Cl)CC1. The predicted octanol–water partition coefficient (Wildman–Crippen LogP) is 9.62. The van der Waals surface area contributed by atoms with Crippen LogP contribution in [0.15, 0.2) is 67.0 Å². The average Bonchev–Trinajstić information content (AvgIpc) is 3.80. The molecular formula is C44H47Cl2FN4O4. The van der Waals surface area contributed by atoms with Crippen molar-refractivity contribution in [1.82, 2.24) is 15.2 Å². The van der Waals surface area contributed by atoms with Crippen LogP contribution in [0.4, 0.5) is 4.39 Å². The average molecular weight is 786 g/mol. The number of fused-ring (bicyclic) bond motifs is 1. The molecule has 0 unspecified atom stereocenters. The number of carbonyl (C=O) groups excluding carboxylic acids is 1. The number of halogens is 3. The smallest absolute Gasteiger partial charge is 0.142 e. The maximum atomic E-state index is 14.2. The normalized spacial score (nSPS) is 19.2. The Hall–Kier alpha value is -4.20. The summed E-state index contributed by atoms with van der Waals surface area (Å²) in [7, 11) is 0. The Morgan fingerprint density at radius 1 is 1.00 bits per heavy atom. The summed E-state index contributed by atoms with van der Waals surface area (Å²) in [5.41, 5.74) is 5.29. The van der Waals surface area contributed by atoms with Crippen LogP contribution in [0.1, 0.15) is 85.8 Å². The number of rotatable bonds is 15. The number of ketones is 1. The van der Waals surface area contributed by atoms with E-state index in [-0.39, 0.29) is 12.7 Å². The lowest BCUT2D eigenvalue weighted by Crippen LogP contribution is -2.40. The van der Waals surface area contributed by atoms with Crippen molar-refractivity contribution in [1.29, 1.82) is 5.26 Å². The Morgan fingerprint density at radius 3 is 2.62 bits per heavy atom. The molecule has 7 rings (SSSR count). The molecule has 1 N–H and O–H groups in total. The molecule has 55 heavy (non-hydrogen) atoms. The standard InChI is InChI=1S/C44H47Cl2FN4O4/c1-44(47)13-16-51(17-14-44)15-4-18-53-40-8-3-7-37(43(40)46)34-5-2-6-36-35(34)11-12-39(36)55-42-22-41(54-28-31-19-30(23-48)25-49-26-31)32(21-38(42)45)27-50-24-29-9-10-33(52)20-29/h2-3,5-8,19,21-22,25-26,29,39,50H,4,9-18,20,24,27-28H2,1H3/t29-,39+/m1/s1. The molecule has 2 aliphatic carbocycles. The fourth-order valence-corrected chi connectivity index (χ4v) is 8.40. The van der Waals surface area contributed by atoms with Crippen LogP contribution < -0.4 is 19.5 Å². The van der Waals surface area contributed by atoms with Gasteiger partial charge in [0.2, 0.25) is 0 Å². The van der Waals surface area contributed by atoms with E-state index in [1.807, 2.05) is 36.4 Å². The number of aromatic nitrogens is 1. The fourth-order valence-electron chi connectivity index (χ4n) is 7.89. The van der Waals surface area contributed by atoms with Crippen LogP contribution in [0.3, 0.4) is 0 Å². The number of nitrogens with one attached hydrogen (secondary N) is 1. The summed E-state index contributed by atoms with van der Waals surface area (Å²) in [6.45, 7) is 6.10. The van der Waals surface area contributed by atoms with E-state index in [1.54, 1.807) is 19.2 Å².